The summed E-state index contributed by atoms with van der Waals surface area (Å²) in [7, 11) is -0.749. The van der Waals surface area contributed by atoms with Crippen LogP contribution in [0.4, 0.5) is 0 Å². The summed E-state index contributed by atoms with van der Waals surface area (Å²) in [6, 6.07) is 13.1. The van der Waals surface area contributed by atoms with Crippen molar-refractivity contribution in [2.24, 2.45) is 5.92 Å². The van der Waals surface area contributed by atoms with Crippen LogP contribution in [0.25, 0.3) is 0 Å². The van der Waals surface area contributed by atoms with Gasteiger partial charge in [0.1, 0.15) is 5.75 Å². The highest BCUT2D eigenvalue weighted by molar-refractivity contribution is 7.89. The molecule has 2 aromatic carbocycles. The van der Waals surface area contributed by atoms with E-state index in [2.05, 4.69) is 10.1 Å². The summed E-state index contributed by atoms with van der Waals surface area (Å²) in [5, 5.41) is 2.89. The number of piperidine rings is 1. The van der Waals surface area contributed by atoms with Crippen molar-refractivity contribution in [3.05, 3.63) is 59.7 Å². The van der Waals surface area contributed by atoms with Gasteiger partial charge in [-0.25, -0.2) is 13.2 Å². The predicted molar refractivity (Wildman–Crippen MR) is 114 cm³/mol. The van der Waals surface area contributed by atoms with Crippen molar-refractivity contribution in [1.82, 2.24) is 9.62 Å². The number of methoxy groups -OCH3 is 2. The summed E-state index contributed by atoms with van der Waals surface area (Å²) in [4.78, 5) is 24.2. The minimum Gasteiger partial charge on any atom is -0.497 e. The molecule has 0 saturated carbocycles. The SMILES string of the molecule is COC(=O)c1ccc(CNC(=O)C2CCN(S(=O)(=O)c3ccc(OC)cc3)CC2)cc1. The van der Waals surface area contributed by atoms with E-state index >= 15 is 0 Å². The topological polar surface area (TPSA) is 102 Å². The van der Waals surface area contributed by atoms with Crippen LogP contribution in [-0.4, -0.2) is 51.9 Å². The minimum absolute atomic E-state index is 0.0986. The van der Waals surface area contributed by atoms with Gasteiger partial charge in [0.2, 0.25) is 15.9 Å². The molecule has 1 aliphatic rings. The standard InChI is InChI=1S/C22H26N2O6S/c1-29-19-7-9-20(10-8-19)31(27,28)24-13-11-17(12-14-24)21(25)23-15-16-3-5-18(6-4-16)22(26)30-2/h3-10,17H,11-15H2,1-2H3,(H,23,25). The maximum atomic E-state index is 12.8. The van der Waals surface area contributed by atoms with Gasteiger partial charge in [0.05, 0.1) is 24.7 Å². The van der Waals surface area contributed by atoms with Crippen molar-refractivity contribution < 1.29 is 27.5 Å². The van der Waals surface area contributed by atoms with Crippen LogP contribution >= 0.6 is 0 Å². The van der Waals surface area contributed by atoms with E-state index in [0.717, 1.165) is 5.56 Å². The Bertz CT molecular complexity index is 1010. The Morgan fingerprint density at radius 3 is 2.16 bits per heavy atom. The minimum atomic E-state index is -3.60. The number of hydrogen-bond acceptors (Lipinski definition) is 6. The third kappa shape index (κ3) is 5.42. The molecule has 2 aromatic rings. The van der Waals surface area contributed by atoms with Crippen LogP contribution < -0.4 is 10.1 Å². The first-order valence-corrected chi connectivity index (χ1v) is 11.4. The molecule has 0 radical (unpaired) electrons. The number of sulfonamides is 1. The lowest BCUT2D eigenvalue weighted by molar-refractivity contribution is -0.126. The van der Waals surface area contributed by atoms with Crippen molar-refractivity contribution in [3.63, 3.8) is 0 Å². The zero-order chi connectivity index (χ0) is 22.4. The summed E-state index contributed by atoms with van der Waals surface area (Å²) in [5.74, 6) is -0.156. The zero-order valence-corrected chi connectivity index (χ0v) is 18.4. The lowest BCUT2D eigenvalue weighted by atomic mass is 9.97. The van der Waals surface area contributed by atoms with E-state index in [-0.39, 0.29) is 16.7 Å². The molecule has 0 aliphatic carbocycles. The third-order valence-corrected chi connectivity index (χ3v) is 7.28. The van der Waals surface area contributed by atoms with Gasteiger partial charge in [0, 0.05) is 25.6 Å². The van der Waals surface area contributed by atoms with E-state index in [1.807, 2.05) is 0 Å². The van der Waals surface area contributed by atoms with E-state index in [4.69, 9.17) is 4.74 Å². The molecule has 166 valence electrons. The Hall–Kier alpha value is -2.91. The zero-order valence-electron chi connectivity index (χ0n) is 17.5. The number of esters is 1. The average molecular weight is 447 g/mol. The lowest BCUT2D eigenvalue weighted by Gasteiger charge is -2.30. The molecule has 0 spiro atoms. The normalized spacial score (nSPS) is 15.3. The van der Waals surface area contributed by atoms with E-state index in [1.54, 1.807) is 36.4 Å². The van der Waals surface area contributed by atoms with Crippen molar-refractivity contribution in [3.8, 4) is 5.75 Å². The Kier molecular flexibility index (Phi) is 7.29. The Balaban J connectivity index is 1.51. The fraction of sp³-hybridized carbons (Fsp3) is 0.364. The molecule has 1 aliphatic heterocycles. The fourth-order valence-corrected chi connectivity index (χ4v) is 4.93. The van der Waals surface area contributed by atoms with Gasteiger partial charge >= 0.3 is 5.97 Å². The number of carbonyl (C=O) groups is 2. The molecule has 0 aromatic heterocycles. The summed E-state index contributed by atoms with van der Waals surface area (Å²) < 4.78 is 36.8. The lowest BCUT2D eigenvalue weighted by Crippen LogP contribution is -2.42. The molecule has 8 nitrogen and oxygen atoms in total. The molecule has 1 amide bonds. The average Bonchev–Trinajstić information content (AvgIpc) is 2.82. The third-order valence-electron chi connectivity index (χ3n) is 5.36. The number of benzene rings is 2. The number of nitrogens with one attached hydrogen (secondary N) is 1. The van der Waals surface area contributed by atoms with Crippen molar-refractivity contribution >= 4 is 21.9 Å². The smallest absolute Gasteiger partial charge is 0.337 e. The number of carbonyl (C=O) groups excluding carboxylic acids is 2. The summed E-state index contributed by atoms with van der Waals surface area (Å²) in [6.07, 6.45) is 0.922. The second-order valence-corrected chi connectivity index (χ2v) is 9.20. The molecular weight excluding hydrogens is 420 g/mol. The van der Waals surface area contributed by atoms with Crippen LogP contribution in [-0.2, 0) is 26.1 Å². The number of rotatable bonds is 7. The number of hydrogen-bond donors (Lipinski definition) is 1. The van der Waals surface area contributed by atoms with Gasteiger partial charge in [0.15, 0.2) is 0 Å². The van der Waals surface area contributed by atoms with Crippen LogP contribution in [0.2, 0.25) is 0 Å². The van der Waals surface area contributed by atoms with E-state index in [1.165, 1.54) is 30.7 Å². The molecule has 1 fully saturated rings. The highest BCUT2D eigenvalue weighted by atomic mass is 32.2. The molecule has 1 saturated heterocycles. The summed E-state index contributed by atoms with van der Waals surface area (Å²) in [6.45, 7) is 0.922. The Morgan fingerprint density at radius 2 is 1.61 bits per heavy atom. The van der Waals surface area contributed by atoms with Crippen LogP contribution in [0, 0.1) is 5.92 Å². The molecule has 0 bridgehead atoms. The van der Waals surface area contributed by atoms with Gasteiger partial charge in [-0.3, -0.25) is 4.79 Å². The molecular formula is C22H26N2O6S. The van der Waals surface area contributed by atoms with E-state index in [9.17, 15) is 18.0 Å². The van der Waals surface area contributed by atoms with Gasteiger partial charge in [-0.15, -0.1) is 0 Å². The Labute approximate surface area is 182 Å². The van der Waals surface area contributed by atoms with E-state index < -0.39 is 16.0 Å². The fourth-order valence-electron chi connectivity index (χ4n) is 3.47. The largest absolute Gasteiger partial charge is 0.497 e. The predicted octanol–water partition coefficient (Wildman–Crippen LogP) is 2.20. The summed E-state index contributed by atoms with van der Waals surface area (Å²) >= 11 is 0. The van der Waals surface area contributed by atoms with Gasteiger partial charge in [-0.2, -0.15) is 4.31 Å². The van der Waals surface area contributed by atoms with E-state index in [0.29, 0.717) is 43.8 Å². The number of nitrogens with zero attached hydrogens (tertiary/aromatic N) is 1. The monoisotopic (exact) mass is 446 g/mol. The van der Waals surface area contributed by atoms with Gasteiger partial charge < -0.3 is 14.8 Å². The highest BCUT2D eigenvalue weighted by Gasteiger charge is 2.32. The summed E-state index contributed by atoms with van der Waals surface area (Å²) in [5.41, 5.74) is 1.31. The van der Waals surface area contributed by atoms with Gasteiger partial charge in [-0.1, -0.05) is 12.1 Å². The van der Waals surface area contributed by atoms with Crippen LogP contribution in [0.5, 0.6) is 5.75 Å². The van der Waals surface area contributed by atoms with Crippen LogP contribution in [0.3, 0.4) is 0 Å². The van der Waals surface area contributed by atoms with Crippen molar-refractivity contribution in [2.75, 3.05) is 27.3 Å². The first-order valence-electron chi connectivity index (χ1n) is 9.94. The van der Waals surface area contributed by atoms with Gasteiger partial charge in [-0.05, 0) is 54.8 Å². The first-order chi connectivity index (χ1) is 14.8. The quantitative estimate of drug-likeness (QED) is 0.655. The van der Waals surface area contributed by atoms with Crippen LogP contribution in [0.15, 0.2) is 53.4 Å². The Morgan fingerprint density at radius 1 is 1.00 bits per heavy atom. The van der Waals surface area contributed by atoms with Crippen LogP contribution in [0.1, 0.15) is 28.8 Å². The molecule has 1 heterocycles. The van der Waals surface area contributed by atoms with Crippen molar-refractivity contribution in [1.29, 1.82) is 0 Å². The maximum absolute atomic E-state index is 12.8. The first kappa shape index (κ1) is 22.8. The molecule has 1 N–H and O–H groups in total. The molecule has 3 rings (SSSR count). The molecule has 0 unspecified atom stereocenters. The van der Waals surface area contributed by atoms with Gasteiger partial charge in [0.25, 0.3) is 0 Å². The molecule has 31 heavy (non-hydrogen) atoms. The number of amides is 1. The maximum Gasteiger partial charge on any atom is 0.337 e. The molecule has 0 atom stereocenters. The number of ether oxygens (including phenoxy) is 2. The molecule has 9 heteroatoms. The highest BCUT2D eigenvalue weighted by Crippen LogP contribution is 2.25. The second-order valence-electron chi connectivity index (χ2n) is 7.26. The second kappa shape index (κ2) is 9.93. The van der Waals surface area contributed by atoms with Crippen molar-refractivity contribution in [2.45, 2.75) is 24.3 Å².